The SMILES string of the molecule is C=C(C)C(=O)OCCCC(=CC=O)[Si](C)(C)OCC. The standard InChI is InChI=1S/C14H24O4Si/c1-6-18-19(4,5)13(9-10-15)8-7-11-17-14(16)12(2)3/h9-10H,2,6-8,11H2,1,3-5H3. The third-order valence-corrected chi connectivity index (χ3v) is 5.69. The summed E-state index contributed by atoms with van der Waals surface area (Å²) in [7, 11) is -1.98. The third kappa shape index (κ3) is 7.08. The molecule has 0 fully saturated rings. The van der Waals surface area contributed by atoms with E-state index < -0.39 is 8.32 Å². The average molecular weight is 284 g/mol. The number of allylic oxidation sites excluding steroid dienone is 2. The minimum absolute atomic E-state index is 0.332. The van der Waals surface area contributed by atoms with Crippen LogP contribution >= 0.6 is 0 Å². The average Bonchev–Trinajstić information content (AvgIpc) is 2.32. The fourth-order valence-corrected chi connectivity index (χ4v) is 3.83. The maximum Gasteiger partial charge on any atom is 0.333 e. The maximum absolute atomic E-state index is 11.2. The zero-order chi connectivity index (χ0) is 14.9. The lowest BCUT2D eigenvalue weighted by Gasteiger charge is -2.25. The number of rotatable bonds is 9. The Balaban J connectivity index is 4.32. The topological polar surface area (TPSA) is 52.6 Å². The van der Waals surface area contributed by atoms with Crippen LogP contribution < -0.4 is 0 Å². The van der Waals surface area contributed by atoms with Gasteiger partial charge in [-0.2, -0.15) is 0 Å². The van der Waals surface area contributed by atoms with Gasteiger partial charge in [-0.3, -0.25) is 4.79 Å². The van der Waals surface area contributed by atoms with E-state index in [1.165, 1.54) is 0 Å². The van der Waals surface area contributed by atoms with Crippen molar-refractivity contribution in [1.82, 2.24) is 0 Å². The number of esters is 1. The van der Waals surface area contributed by atoms with Crippen LogP contribution in [0.25, 0.3) is 0 Å². The zero-order valence-corrected chi connectivity index (χ0v) is 13.3. The van der Waals surface area contributed by atoms with Crippen molar-refractivity contribution < 1.29 is 18.8 Å². The molecule has 0 spiro atoms. The molecule has 0 saturated heterocycles. The van der Waals surface area contributed by atoms with Crippen molar-refractivity contribution in [2.75, 3.05) is 13.2 Å². The molecule has 0 amide bonds. The van der Waals surface area contributed by atoms with Gasteiger partial charge in [-0.25, -0.2) is 4.79 Å². The maximum atomic E-state index is 11.2. The van der Waals surface area contributed by atoms with Gasteiger partial charge in [-0.1, -0.05) is 11.8 Å². The lowest BCUT2D eigenvalue weighted by molar-refractivity contribution is -0.139. The largest absolute Gasteiger partial charge is 0.462 e. The van der Waals surface area contributed by atoms with Crippen LogP contribution in [-0.4, -0.2) is 33.8 Å². The summed E-state index contributed by atoms with van der Waals surface area (Å²) in [6.07, 6.45) is 3.77. The smallest absolute Gasteiger partial charge is 0.333 e. The minimum atomic E-state index is -1.98. The Morgan fingerprint density at radius 3 is 2.47 bits per heavy atom. The highest BCUT2D eigenvalue weighted by molar-refractivity contribution is 6.78. The molecule has 0 bridgehead atoms. The Morgan fingerprint density at radius 2 is 2.00 bits per heavy atom. The summed E-state index contributed by atoms with van der Waals surface area (Å²) in [5.74, 6) is -0.373. The second-order valence-electron chi connectivity index (χ2n) is 4.79. The number of carbonyl (C=O) groups is 2. The van der Waals surface area contributed by atoms with Gasteiger partial charge in [0.05, 0.1) is 6.61 Å². The molecule has 108 valence electrons. The molecule has 5 heteroatoms. The molecule has 0 rings (SSSR count). The van der Waals surface area contributed by atoms with Gasteiger partial charge in [0, 0.05) is 12.2 Å². The minimum Gasteiger partial charge on any atom is -0.462 e. The molecule has 0 aromatic carbocycles. The van der Waals surface area contributed by atoms with E-state index >= 15 is 0 Å². The van der Waals surface area contributed by atoms with Crippen LogP contribution in [-0.2, 0) is 18.8 Å². The normalized spacial score (nSPS) is 12.1. The summed E-state index contributed by atoms with van der Waals surface area (Å²) in [5.41, 5.74) is 0.396. The zero-order valence-electron chi connectivity index (χ0n) is 12.3. The van der Waals surface area contributed by atoms with Crippen LogP contribution in [0.4, 0.5) is 0 Å². The fourth-order valence-electron chi connectivity index (χ4n) is 1.67. The van der Waals surface area contributed by atoms with Crippen molar-refractivity contribution in [3.8, 4) is 0 Å². The van der Waals surface area contributed by atoms with E-state index in [1.807, 2.05) is 6.92 Å². The molecule has 4 nitrogen and oxygen atoms in total. The molecule has 0 atom stereocenters. The first-order valence-electron chi connectivity index (χ1n) is 6.46. The molecule has 19 heavy (non-hydrogen) atoms. The van der Waals surface area contributed by atoms with Crippen molar-refractivity contribution in [1.29, 1.82) is 0 Å². The summed E-state index contributed by atoms with van der Waals surface area (Å²) >= 11 is 0. The molecule has 0 aromatic rings. The predicted molar refractivity (Wildman–Crippen MR) is 78.3 cm³/mol. The molecule has 0 aliphatic carbocycles. The van der Waals surface area contributed by atoms with Crippen LogP contribution in [0.15, 0.2) is 23.4 Å². The number of hydrogen-bond acceptors (Lipinski definition) is 4. The highest BCUT2D eigenvalue weighted by Crippen LogP contribution is 2.20. The molecule has 0 aliphatic heterocycles. The van der Waals surface area contributed by atoms with Gasteiger partial charge < -0.3 is 9.16 Å². The van der Waals surface area contributed by atoms with E-state index in [0.29, 0.717) is 31.6 Å². The van der Waals surface area contributed by atoms with E-state index in [0.717, 1.165) is 11.5 Å². The highest BCUT2D eigenvalue weighted by Gasteiger charge is 2.26. The van der Waals surface area contributed by atoms with E-state index in [-0.39, 0.29) is 5.97 Å². The Kier molecular flexibility index (Phi) is 8.26. The van der Waals surface area contributed by atoms with Crippen molar-refractivity contribution in [2.24, 2.45) is 0 Å². The van der Waals surface area contributed by atoms with Crippen molar-refractivity contribution in [3.05, 3.63) is 23.4 Å². The molecule has 0 radical (unpaired) electrons. The van der Waals surface area contributed by atoms with Gasteiger partial charge in [0.15, 0.2) is 0 Å². The van der Waals surface area contributed by atoms with Crippen molar-refractivity contribution >= 4 is 20.6 Å². The molecule has 0 aromatic heterocycles. The highest BCUT2D eigenvalue weighted by atomic mass is 28.4. The second-order valence-corrected chi connectivity index (χ2v) is 8.74. The molecule has 0 N–H and O–H groups in total. The molecular weight excluding hydrogens is 260 g/mol. The van der Waals surface area contributed by atoms with E-state index in [2.05, 4.69) is 19.7 Å². The van der Waals surface area contributed by atoms with Gasteiger partial charge in [0.25, 0.3) is 0 Å². The molecule has 0 unspecified atom stereocenters. The molecule has 0 heterocycles. The molecular formula is C14H24O4Si. The molecule has 0 aliphatic rings. The van der Waals surface area contributed by atoms with E-state index in [9.17, 15) is 9.59 Å². The number of aldehydes is 1. The van der Waals surface area contributed by atoms with Gasteiger partial charge in [0.2, 0.25) is 8.32 Å². The summed E-state index contributed by atoms with van der Waals surface area (Å²) in [5, 5.41) is 1.04. The Morgan fingerprint density at radius 1 is 1.37 bits per heavy atom. The first-order valence-corrected chi connectivity index (χ1v) is 9.37. The van der Waals surface area contributed by atoms with Gasteiger partial charge in [0.1, 0.15) is 6.29 Å². The van der Waals surface area contributed by atoms with E-state index in [4.69, 9.17) is 9.16 Å². The first-order chi connectivity index (χ1) is 8.85. The van der Waals surface area contributed by atoms with Crippen LogP contribution in [0.5, 0.6) is 0 Å². The summed E-state index contributed by atoms with van der Waals surface area (Å²) < 4.78 is 10.8. The Bertz CT molecular complexity index is 358. The lowest BCUT2D eigenvalue weighted by Crippen LogP contribution is -2.34. The van der Waals surface area contributed by atoms with Crippen LogP contribution in [0.2, 0.25) is 13.1 Å². The monoisotopic (exact) mass is 284 g/mol. The number of carbonyl (C=O) groups excluding carboxylic acids is 2. The van der Waals surface area contributed by atoms with Crippen LogP contribution in [0, 0.1) is 0 Å². The van der Waals surface area contributed by atoms with Gasteiger partial charge in [-0.15, -0.1) is 0 Å². The van der Waals surface area contributed by atoms with Crippen LogP contribution in [0.3, 0.4) is 0 Å². The van der Waals surface area contributed by atoms with Gasteiger partial charge >= 0.3 is 5.97 Å². The summed E-state index contributed by atoms with van der Waals surface area (Å²) in [6.45, 7) is 12.2. The molecule has 0 saturated carbocycles. The summed E-state index contributed by atoms with van der Waals surface area (Å²) in [4.78, 5) is 21.9. The Labute approximate surface area is 116 Å². The van der Waals surface area contributed by atoms with E-state index in [1.54, 1.807) is 13.0 Å². The second kappa shape index (κ2) is 8.82. The quantitative estimate of drug-likeness (QED) is 0.215. The van der Waals surface area contributed by atoms with Crippen molar-refractivity contribution in [2.45, 2.75) is 39.8 Å². The lowest BCUT2D eigenvalue weighted by atomic mass is 10.3. The van der Waals surface area contributed by atoms with Crippen LogP contribution in [0.1, 0.15) is 26.7 Å². The van der Waals surface area contributed by atoms with Crippen molar-refractivity contribution in [3.63, 3.8) is 0 Å². The first kappa shape index (κ1) is 17.8. The third-order valence-electron chi connectivity index (χ3n) is 2.72. The Hall–Kier alpha value is -1.20. The summed E-state index contributed by atoms with van der Waals surface area (Å²) in [6, 6.07) is 0. The van der Waals surface area contributed by atoms with Gasteiger partial charge in [-0.05, 0) is 45.9 Å². The fraction of sp³-hybridized carbons (Fsp3) is 0.571. The number of hydrogen-bond donors (Lipinski definition) is 0. The number of ether oxygens (including phenoxy) is 1. The predicted octanol–water partition coefficient (Wildman–Crippen LogP) is 2.79.